The first kappa shape index (κ1) is 9.00. The van der Waals surface area contributed by atoms with Crippen molar-refractivity contribution in [1.82, 2.24) is 0 Å². The smallest absolute Gasteiger partial charge is 0.103 e. The first-order valence-electron chi connectivity index (χ1n) is 3.26. The molecular formula is C7H10ClNOS. The lowest BCUT2D eigenvalue weighted by Crippen LogP contribution is -2.12. The fourth-order valence-corrected chi connectivity index (χ4v) is 1.98. The molecule has 0 saturated heterocycles. The van der Waals surface area contributed by atoms with Gasteiger partial charge in [-0.05, 0) is 12.1 Å². The molecule has 1 rings (SSSR count). The first-order chi connectivity index (χ1) is 5.27. The van der Waals surface area contributed by atoms with Gasteiger partial charge in [-0.25, -0.2) is 0 Å². The third kappa shape index (κ3) is 2.17. The number of thiophene rings is 1. The van der Waals surface area contributed by atoms with Crippen LogP contribution in [0.25, 0.3) is 0 Å². The molecule has 0 aliphatic carbocycles. The quantitative estimate of drug-likeness (QED) is 0.794. The summed E-state index contributed by atoms with van der Waals surface area (Å²) in [6.45, 7) is 0.493. The molecule has 0 aromatic carbocycles. The zero-order valence-corrected chi connectivity index (χ0v) is 7.78. The minimum atomic E-state index is -0.00694. The third-order valence-electron chi connectivity index (χ3n) is 1.41. The molecule has 0 fully saturated rings. The highest BCUT2D eigenvalue weighted by Gasteiger charge is 2.09. The average molecular weight is 192 g/mol. The topological polar surface area (TPSA) is 35.2 Å². The minimum Gasteiger partial charge on any atom is -0.375 e. The highest BCUT2D eigenvalue weighted by molar-refractivity contribution is 7.16. The average Bonchev–Trinajstić information content (AvgIpc) is 2.39. The van der Waals surface area contributed by atoms with Crippen LogP contribution >= 0.6 is 22.9 Å². The van der Waals surface area contributed by atoms with Crippen molar-refractivity contribution >= 4 is 22.9 Å². The molecule has 11 heavy (non-hydrogen) atoms. The molecule has 62 valence electrons. The van der Waals surface area contributed by atoms with Gasteiger partial charge in [-0.1, -0.05) is 11.6 Å². The van der Waals surface area contributed by atoms with Gasteiger partial charge in [-0.15, -0.1) is 11.3 Å². The SMILES string of the molecule is COC(CN)c1ccc(Cl)s1. The summed E-state index contributed by atoms with van der Waals surface area (Å²) in [5.41, 5.74) is 5.46. The predicted molar refractivity (Wildman–Crippen MR) is 48.1 cm³/mol. The molecule has 1 heterocycles. The lowest BCUT2D eigenvalue weighted by molar-refractivity contribution is 0.113. The van der Waals surface area contributed by atoms with Crippen LogP contribution in [0.4, 0.5) is 0 Å². The molecule has 1 unspecified atom stereocenters. The molecule has 2 N–H and O–H groups in total. The van der Waals surface area contributed by atoms with Crippen LogP contribution in [0.2, 0.25) is 4.34 Å². The molecule has 0 amide bonds. The van der Waals surface area contributed by atoms with Gasteiger partial charge in [0.2, 0.25) is 0 Å². The second-order valence-electron chi connectivity index (χ2n) is 2.10. The van der Waals surface area contributed by atoms with E-state index in [0.29, 0.717) is 6.54 Å². The number of halogens is 1. The summed E-state index contributed by atoms with van der Waals surface area (Å²) >= 11 is 7.25. The molecular weight excluding hydrogens is 182 g/mol. The molecule has 0 spiro atoms. The van der Waals surface area contributed by atoms with Crippen molar-refractivity contribution in [1.29, 1.82) is 0 Å². The van der Waals surface area contributed by atoms with Crippen molar-refractivity contribution in [2.24, 2.45) is 5.73 Å². The third-order valence-corrected chi connectivity index (χ3v) is 2.73. The van der Waals surface area contributed by atoms with Crippen molar-refractivity contribution in [2.75, 3.05) is 13.7 Å². The van der Waals surface area contributed by atoms with E-state index >= 15 is 0 Å². The van der Waals surface area contributed by atoms with Crippen molar-refractivity contribution in [3.05, 3.63) is 21.3 Å². The van der Waals surface area contributed by atoms with Crippen LogP contribution in [0.1, 0.15) is 11.0 Å². The first-order valence-corrected chi connectivity index (χ1v) is 4.45. The highest BCUT2D eigenvalue weighted by Crippen LogP contribution is 2.27. The second-order valence-corrected chi connectivity index (χ2v) is 3.85. The molecule has 0 saturated carbocycles. The largest absolute Gasteiger partial charge is 0.375 e. The van der Waals surface area contributed by atoms with Crippen molar-refractivity contribution in [3.8, 4) is 0 Å². The van der Waals surface area contributed by atoms with Crippen molar-refractivity contribution in [3.63, 3.8) is 0 Å². The number of hydrogen-bond donors (Lipinski definition) is 1. The Morgan fingerprint density at radius 1 is 1.73 bits per heavy atom. The number of methoxy groups -OCH3 is 1. The fraction of sp³-hybridized carbons (Fsp3) is 0.429. The maximum atomic E-state index is 5.74. The molecule has 0 aliphatic rings. The van der Waals surface area contributed by atoms with Gasteiger partial charge >= 0.3 is 0 Å². The standard InChI is InChI=1S/C7H10ClNOS/c1-10-5(4-9)6-2-3-7(8)11-6/h2-3,5H,4,9H2,1H3. The number of rotatable bonds is 3. The van der Waals surface area contributed by atoms with Crippen LogP contribution in [-0.2, 0) is 4.74 Å². The van der Waals surface area contributed by atoms with E-state index in [0.717, 1.165) is 9.21 Å². The summed E-state index contributed by atoms with van der Waals surface area (Å²) < 4.78 is 5.90. The Balaban J connectivity index is 2.73. The number of nitrogens with two attached hydrogens (primary N) is 1. The van der Waals surface area contributed by atoms with E-state index in [-0.39, 0.29) is 6.10 Å². The van der Waals surface area contributed by atoms with Gasteiger partial charge < -0.3 is 10.5 Å². The van der Waals surface area contributed by atoms with Gasteiger partial charge in [-0.2, -0.15) is 0 Å². The highest BCUT2D eigenvalue weighted by atomic mass is 35.5. The zero-order chi connectivity index (χ0) is 8.27. The summed E-state index contributed by atoms with van der Waals surface area (Å²) in [6, 6.07) is 3.79. The summed E-state index contributed by atoms with van der Waals surface area (Å²) in [5.74, 6) is 0. The Hall–Kier alpha value is -0.0900. The summed E-state index contributed by atoms with van der Waals surface area (Å²) in [4.78, 5) is 1.08. The monoisotopic (exact) mass is 191 g/mol. The van der Waals surface area contributed by atoms with Crippen LogP contribution in [0.15, 0.2) is 12.1 Å². The van der Waals surface area contributed by atoms with E-state index in [4.69, 9.17) is 22.1 Å². The normalized spacial score (nSPS) is 13.4. The summed E-state index contributed by atoms with van der Waals surface area (Å²) in [6.07, 6.45) is -0.00694. The van der Waals surface area contributed by atoms with Gasteiger partial charge in [0.05, 0.1) is 4.34 Å². The van der Waals surface area contributed by atoms with E-state index in [1.165, 1.54) is 11.3 Å². The lowest BCUT2D eigenvalue weighted by Gasteiger charge is -2.09. The van der Waals surface area contributed by atoms with Crippen LogP contribution in [-0.4, -0.2) is 13.7 Å². The molecule has 0 radical (unpaired) electrons. The molecule has 1 aromatic rings. The van der Waals surface area contributed by atoms with Crippen LogP contribution in [0, 0.1) is 0 Å². The molecule has 2 nitrogen and oxygen atoms in total. The Morgan fingerprint density at radius 3 is 2.82 bits per heavy atom. The molecule has 0 aliphatic heterocycles. The number of ether oxygens (including phenoxy) is 1. The van der Waals surface area contributed by atoms with Gasteiger partial charge in [-0.3, -0.25) is 0 Å². The molecule has 1 aromatic heterocycles. The Labute approximate surface area is 74.9 Å². The Bertz CT molecular complexity index is 222. The fourth-order valence-electron chi connectivity index (χ4n) is 0.830. The zero-order valence-electron chi connectivity index (χ0n) is 6.21. The van der Waals surface area contributed by atoms with E-state index < -0.39 is 0 Å². The summed E-state index contributed by atoms with van der Waals surface area (Å²) in [5, 5.41) is 0. The summed E-state index contributed by atoms with van der Waals surface area (Å²) in [7, 11) is 1.64. The van der Waals surface area contributed by atoms with Crippen LogP contribution in [0.3, 0.4) is 0 Å². The van der Waals surface area contributed by atoms with Gasteiger partial charge in [0.25, 0.3) is 0 Å². The maximum absolute atomic E-state index is 5.74. The lowest BCUT2D eigenvalue weighted by atomic mass is 10.3. The Morgan fingerprint density at radius 2 is 2.45 bits per heavy atom. The minimum absolute atomic E-state index is 0.00694. The second kappa shape index (κ2) is 4.07. The van der Waals surface area contributed by atoms with E-state index in [1.54, 1.807) is 7.11 Å². The number of hydrogen-bond acceptors (Lipinski definition) is 3. The van der Waals surface area contributed by atoms with E-state index in [9.17, 15) is 0 Å². The van der Waals surface area contributed by atoms with Crippen molar-refractivity contribution in [2.45, 2.75) is 6.10 Å². The van der Waals surface area contributed by atoms with Gasteiger partial charge in [0.1, 0.15) is 6.10 Å². The molecule has 4 heteroatoms. The Kier molecular flexibility index (Phi) is 3.33. The maximum Gasteiger partial charge on any atom is 0.103 e. The molecule has 0 bridgehead atoms. The van der Waals surface area contributed by atoms with E-state index in [1.807, 2.05) is 12.1 Å². The van der Waals surface area contributed by atoms with Crippen LogP contribution in [0.5, 0.6) is 0 Å². The predicted octanol–water partition coefficient (Wildman–Crippen LogP) is 2.05. The molecule has 1 atom stereocenters. The van der Waals surface area contributed by atoms with E-state index in [2.05, 4.69) is 0 Å². The van der Waals surface area contributed by atoms with Gasteiger partial charge in [0.15, 0.2) is 0 Å². The van der Waals surface area contributed by atoms with Crippen LogP contribution < -0.4 is 5.73 Å². The van der Waals surface area contributed by atoms with Gasteiger partial charge in [0, 0.05) is 18.5 Å². The van der Waals surface area contributed by atoms with Crippen molar-refractivity contribution < 1.29 is 4.74 Å².